The molecule has 0 unspecified atom stereocenters. The van der Waals surface area contributed by atoms with Crippen molar-refractivity contribution in [3.05, 3.63) is 18.0 Å². The molecule has 1 aromatic heterocycles. The van der Waals surface area contributed by atoms with E-state index in [0.717, 1.165) is 5.56 Å². The van der Waals surface area contributed by atoms with Gasteiger partial charge in [-0.05, 0) is 11.0 Å². The van der Waals surface area contributed by atoms with E-state index < -0.39 is 0 Å². The second-order valence-corrected chi connectivity index (χ2v) is 3.83. The molecule has 3 heteroatoms. The Balaban J connectivity index is 2.86. The Kier molecular flexibility index (Phi) is 2.18. The fourth-order valence-corrected chi connectivity index (χ4v) is 0.910. The highest BCUT2D eigenvalue weighted by atomic mass is 15.3. The van der Waals surface area contributed by atoms with Gasteiger partial charge in [-0.3, -0.25) is 4.68 Å². The molecule has 0 aromatic carbocycles. The van der Waals surface area contributed by atoms with E-state index in [0.29, 0.717) is 6.54 Å². The second-order valence-electron chi connectivity index (χ2n) is 3.83. The summed E-state index contributed by atoms with van der Waals surface area (Å²) >= 11 is 0. The number of nitriles is 1. The molecule has 0 aliphatic heterocycles. The molecule has 1 aromatic rings. The minimum Gasteiger partial charge on any atom is -0.258 e. The first-order chi connectivity index (χ1) is 5.54. The standard InChI is InChI=1S/C9H13N3/c1-9(2,3)8-6-11-12(7-8)5-4-10/h6-7H,5H2,1-3H3. The van der Waals surface area contributed by atoms with Gasteiger partial charge >= 0.3 is 0 Å². The predicted molar refractivity (Wildman–Crippen MR) is 46.5 cm³/mol. The van der Waals surface area contributed by atoms with Crippen molar-refractivity contribution in [1.29, 1.82) is 5.26 Å². The van der Waals surface area contributed by atoms with Gasteiger partial charge in [-0.15, -0.1) is 0 Å². The first-order valence-corrected chi connectivity index (χ1v) is 3.94. The van der Waals surface area contributed by atoms with Gasteiger partial charge in [0.1, 0.15) is 6.54 Å². The molecule has 0 saturated carbocycles. The van der Waals surface area contributed by atoms with Crippen molar-refractivity contribution in [2.45, 2.75) is 32.7 Å². The molecule has 0 spiro atoms. The van der Waals surface area contributed by atoms with Crippen LogP contribution in [0.1, 0.15) is 26.3 Å². The zero-order valence-electron chi connectivity index (χ0n) is 7.70. The molecule has 0 atom stereocenters. The van der Waals surface area contributed by atoms with Crippen molar-refractivity contribution in [1.82, 2.24) is 9.78 Å². The summed E-state index contributed by atoms with van der Waals surface area (Å²) in [6, 6.07) is 2.05. The average molecular weight is 163 g/mol. The van der Waals surface area contributed by atoms with E-state index in [1.165, 1.54) is 0 Å². The molecule has 0 saturated heterocycles. The monoisotopic (exact) mass is 163 g/mol. The lowest BCUT2D eigenvalue weighted by Crippen LogP contribution is -2.09. The summed E-state index contributed by atoms with van der Waals surface area (Å²) in [5.74, 6) is 0. The van der Waals surface area contributed by atoms with E-state index >= 15 is 0 Å². The lowest BCUT2D eigenvalue weighted by Gasteiger charge is -2.14. The quantitative estimate of drug-likeness (QED) is 0.632. The Hall–Kier alpha value is -1.30. The lowest BCUT2D eigenvalue weighted by atomic mass is 9.90. The third kappa shape index (κ3) is 1.85. The van der Waals surface area contributed by atoms with Crippen LogP contribution in [0.2, 0.25) is 0 Å². The molecule has 0 amide bonds. The van der Waals surface area contributed by atoms with Crippen molar-refractivity contribution in [3.8, 4) is 6.07 Å². The van der Waals surface area contributed by atoms with Crippen LogP contribution in [0.4, 0.5) is 0 Å². The van der Waals surface area contributed by atoms with Gasteiger partial charge in [0.15, 0.2) is 0 Å². The third-order valence-electron chi connectivity index (χ3n) is 1.73. The number of rotatable bonds is 1. The highest BCUT2D eigenvalue weighted by Crippen LogP contribution is 2.20. The van der Waals surface area contributed by atoms with E-state index in [9.17, 15) is 0 Å². The number of hydrogen-bond donors (Lipinski definition) is 0. The lowest BCUT2D eigenvalue weighted by molar-refractivity contribution is 0.588. The molecule has 0 bridgehead atoms. The summed E-state index contributed by atoms with van der Waals surface area (Å²) in [6.07, 6.45) is 3.74. The van der Waals surface area contributed by atoms with Crippen LogP contribution in [0.3, 0.4) is 0 Å². The van der Waals surface area contributed by atoms with Crippen LogP contribution in [-0.4, -0.2) is 9.78 Å². The Morgan fingerprint density at radius 3 is 2.67 bits per heavy atom. The average Bonchev–Trinajstić information content (AvgIpc) is 2.35. The molecular formula is C9H13N3. The minimum atomic E-state index is 0.119. The molecule has 0 aliphatic rings. The second kappa shape index (κ2) is 2.98. The molecule has 1 heterocycles. The maximum atomic E-state index is 8.42. The summed E-state index contributed by atoms with van der Waals surface area (Å²) in [6.45, 7) is 6.71. The van der Waals surface area contributed by atoms with E-state index in [1.54, 1.807) is 4.68 Å². The minimum absolute atomic E-state index is 0.119. The highest BCUT2D eigenvalue weighted by Gasteiger charge is 2.15. The molecule has 12 heavy (non-hydrogen) atoms. The van der Waals surface area contributed by atoms with E-state index in [2.05, 4.69) is 25.9 Å². The SMILES string of the molecule is CC(C)(C)c1cnn(CC#N)c1. The third-order valence-corrected chi connectivity index (χ3v) is 1.73. The van der Waals surface area contributed by atoms with Gasteiger partial charge in [0.25, 0.3) is 0 Å². The van der Waals surface area contributed by atoms with Crippen LogP contribution in [-0.2, 0) is 12.0 Å². The van der Waals surface area contributed by atoms with Crippen LogP contribution >= 0.6 is 0 Å². The topological polar surface area (TPSA) is 41.6 Å². The van der Waals surface area contributed by atoms with E-state index in [-0.39, 0.29) is 5.41 Å². The molecule has 0 aliphatic carbocycles. The van der Waals surface area contributed by atoms with Crippen LogP contribution in [0, 0.1) is 11.3 Å². The molecule has 0 N–H and O–H groups in total. The van der Waals surface area contributed by atoms with Crippen LogP contribution in [0.5, 0.6) is 0 Å². The highest BCUT2D eigenvalue weighted by molar-refractivity contribution is 5.15. The Morgan fingerprint density at radius 2 is 2.25 bits per heavy atom. The van der Waals surface area contributed by atoms with Crippen LogP contribution < -0.4 is 0 Å². The van der Waals surface area contributed by atoms with Gasteiger partial charge in [0.05, 0.1) is 12.3 Å². The molecule has 64 valence electrons. The molecule has 0 radical (unpaired) electrons. The first kappa shape index (κ1) is 8.79. The zero-order valence-corrected chi connectivity index (χ0v) is 7.70. The summed E-state index contributed by atoms with van der Waals surface area (Å²) in [5.41, 5.74) is 1.28. The van der Waals surface area contributed by atoms with Gasteiger partial charge in [-0.1, -0.05) is 20.8 Å². The normalized spacial score (nSPS) is 11.2. The first-order valence-electron chi connectivity index (χ1n) is 3.94. The van der Waals surface area contributed by atoms with Gasteiger partial charge in [0.2, 0.25) is 0 Å². The molecule has 0 fully saturated rings. The number of hydrogen-bond acceptors (Lipinski definition) is 2. The summed E-state index contributed by atoms with van der Waals surface area (Å²) in [5, 5.41) is 12.5. The summed E-state index contributed by atoms with van der Waals surface area (Å²) in [4.78, 5) is 0. The Labute approximate surface area is 72.6 Å². The maximum Gasteiger partial charge on any atom is 0.128 e. The molecular weight excluding hydrogens is 150 g/mol. The zero-order chi connectivity index (χ0) is 9.19. The van der Waals surface area contributed by atoms with E-state index in [1.807, 2.05) is 18.5 Å². The Bertz CT molecular complexity index is 298. The fraction of sp³-hybridized carbons (Fsp3) is 0.556. The Morgan fingerprint density at radius 1 is 1.58 bits per heavy atom. The van der Waals surface area contributed by atoms with Crippen molar-refractivity contribution in [2.75, 3.05) is 0 Å². The summed E-state index contributed by atoms with van der Waals surface area (Å²) < 4.78 is 1.65. The largest absolute Gasteiger partial charge is 0.258 e. The number of aromatic nitrogens is 2. The van der Waals surface area contributed by atoms with Gasteiger partial charge < -0.3 is 0 Å². The van der Waals surface area contributed by atoms with Gasteiger partial charge in [-0.2, -0.15) is 10.4 Å². The number of nitrogens with zero attached hydrogens (tertiary/aromatic N) is 3. The predicted octanol–water partition coefficient (Wildman–Crippen LogP) is 1.70. The maximum absolute atomic E-state index is 8.42. The molecule has 3 nitrogen and oxygen atoms in total. The van der Waals surface area contributed by atoms with Gasteiger partial charge in [-0.25, -0.2) is 0 Å². The van der Waals surface area contributed by atoms with Crippen LogP contribution in [0.15, 0.2) is 12.4 Å². The smallest absolute Gasteiger partial charge is 0.128 e. The van der Waals surface area contributed by atoms with Gasteiger partial charge in [0, 0.05) is 6.20 Å². The molecule has 1 rings (SSSR count). The van der Waals surface area contributed by atoms with E-state index in [4.69, 9.17) is 5.26 Å². The van der Waals surface area contributed by atoms with Crippen molar-refractivity contribution < 1.29 is 0 Å². The van der Waals surface area contributed by atoms with Crippen molar-refractivity contribution in [2.24, 2.45) is 0 Å². The van der Waals surface area contributed by atoms with Crippen LogP contribution in [0.25, 0.3) is 0 Å². The van der Waals surface area contributed by atoms with Crippen molar-refractivity contribution in [3.63, 3.8) is 0 Å². The summed E-state index contributed by atoms with van der Waals surface area (Å²) in [7, 11) is 0. The fourth-order valence-electron chi connectivity index (χ4n) is 0.910. The van der Waals surface area contributed by atoms with Crippen molar-refractivity contribution >= 4 is 0 Å².